The molecule has 0 atom stereocenters. The first-order valence-corrected chi connectivity index (χ1v) is 7.98. The molecule has 0 aliphatic carbocycles. The molecule has 0 aliphatic heterocycles. The summed E-state index contributed by atoms with van der Waals surface area (Å²) in [7, 11) is -0.239. The number of sulfonamides is 1. The Morgan fingerprint density at radius 1 is 1.33 bits per heavy atom. The topological polar surface area (TPSA) is 75.4 Å². The Morgan fingerprint density at radius 2 is 2.00 bits per heavy atom. The lowest BCUT2D eigenvalue weighted by Gasteiger charge is -2.16. The summed E-state index contributed by atoms with van der Waals surface area (Å²) in [6, 6.07) is 5.16. The second-order valence-corrected chi connectivity index (χ2v) is 6.79. The van der Waals surface area contributed by atoms with Gasteiger partial charge in [-0.05, 0) is 31.7 Å². The van der Waals surface area contributed by atoms with Crippen LogP contribution in [-0.4, -0.2) is 31.8 Å². The summed E-state index contributed by atoms with van der Waals surface area (Å²) in [5.74, 6) is 1.01. The number of nitrogens with zero attached hydrogens (tertiary/aromatic N) is 2. The average Bonchev–Trinajstić information content (AvgIpc) is 2.82. The van der Waals surface area contributed by atoms with Gasteiger partial charge in [-0.25, -0.2) is 8.42 Å². The molecule has 6 nitrogen and oxygen atoms in total. The lowest BCUT2D eigenvalue weighted by molar-refractivity contribution is 0.452. The van der Waals surface area contributed by atoms with Gasteiger partial charge in [0.15, 0.2) is 0 Å². The molecule has 0 unspecified atom stereocenters. The highest BCUT2D eigenvalue weighted by Gasteiger charge is 2.26. The van der Waals surface area contributed by atoms with E-state index in [1.165, 1.54) is 4.31 Å². The number of aryl methyl sites for hydroxylation is 1. The number of rotatable bonds is 6. The van der Waals surface area contributed by atoms with Gasteiger partial charge in [0.2, 0.25) is 10.0 Å². The molecule has 2 aromatic rings. The molecule has 0 amide bonds. The summed E-state index contributed by atoms with van der Waals surface area (Å²) < 4.78 is 32.0. The van der Waals surface area contributed by atoms with Crippen LogP contribution in [0.15, 0.2) is 39.9 Å². The summed E-state index contributed by atoms with van der Waals surface area (Å²) in [4.78, 5) is 4.13. The van der Waals surface area contributed by atoms with Crippen molar-refractivity contribution in [2.24, 2.45) is 0 Å². The van der Waals surface area contributed by atoms with Gasteiger partial charge >= 0.3 is 0 Å². The van der Waals surface area contributed by atoms with Gasteiger partial charge < -0.3 is 9.73 Å². The minimum Gasteiger partial charge on any atom is -0.464 e. The number of nitrogens with one attached hydrogen (secondary N) is 1. The molecular formula is C14H19N3O3S. The van der Waals surface area contributed by atoms with E-state index >= 15 is 0 Å². The first kappa shape index (κ1) is 15.7. The Kier molecular flexibility index (Phi) is 4.76. The zero-order valence-electron chi connectivity index (χ0n) is 12.3. The van der Waals surface area contributed by atoms with Crippen LogP contribution in [0.4, 0.5) is 0 Å². The Bertz CT molecular complexity index is 696. The van der Waals surface area contributed by atoms with Crippen LogP contribution in [0.5, 0.6) is 0 Å². The summed E-state index contributed by atoms with van der Waals surface area (Å²) in [6.07, 6.45) is 3.29. The third-order valence-electron chi connectivity index (χ3n) is 3.12. The van der Waals surface area contributed by atoms with Crippen LogP contribution >= 0.6 is 0 Å². The Labute approximate surface area is 124 Å². The predicted molar refractivity (Wildman–Crippen MR) is 79.1 cm³/mol. The number of furan rings is 1. The zero-order valence-corrected chi connectivity index (χ0v) is 13.1. The second-order valence-electron chi connectivity index (χ2n) is 4.78. The third-order valence-corrected chi connectivity index (χ3v) is 5.03. The van der Waals surface area contributed by atoms with Gasteiger partial charge in [-0.15, -0.1) is 0 Å². The van der Waals surface area contributed by atoms with Crippen molar-refractivity contribution in [2.45, 2.75) is 24.9 Å². The molecule has 0 aliphatic rings. The molecule has 0 aromatic carbocycles. The van der Waals surface area contributed by atoms with Crippen LogP contribution in [0, 0.1) is 6.92 Å². The lowest BCUT2D eigenvalue weighted by atomic mass is 10.3. The van der Waals surface area contributed by atoms with Crippen LogP contribution in [0.1, 0.15) is 17.1 Å². The van der Waals surface area contributed by atoms with Crippen molar-refractivity contribution in [3.8, 4) is 0 Å². The monoisotopic (exact) mass is 309 g/mol. The van der Waals surface area contributed by atoms with Crippen LogP contribution in [0.25, 0.3) is 0 Å². The molecule has 0 saturated heterocycles. The zero-order chi connectivity index (χ0) is 15.5. The molecule has 0 fully saturated rings. The largest absolute Gasteiger partial charge is 0.464 e. The fourth-order valence-corrected chi connectivity index (χ4v) is 3.38. The maximum atomic E-state index is 12.6. The van der Waals surface area contributed by atoms with Gasteiger partial charge in [-0.2, -0.15) is 4.31 Å². The van der Waals surface area contributed by atoms with Gasteiger partial charge in [0.05, 0.1) is 6.54 Å². The van der Waals surface area contributed by atoms with Crippen molar-refractivity contribution in [3.05, 3.63) is 47.7 Å². The molecule has 2 rings (SSSR count). The molecule has 7 heteroatoms. The summed E-state index contributed by atoms with van der Waals surface area (Å²) in [5, 5.41) is 2.94. The molecule has 2 heterocycles. The smallest absolute Gasteiger partial charge is 0.246 e. The van der Waals surface area contributed by atoms with Crippen LogP contribution in [0.2, 0.25) is 0 Å². The van der Waals surface area contributed by atoms with Crippen molar-refractivity contribution in [3.63, 3.8) is 0 Å². The van der Waals surface area contributed by atoms with Crippen molar-refractivity contribution >= 4 is 10.0 Å². The number of hydrogen-bond acceptors (Lipinski definition) is 5. The van der Waals surface area contributed by atoms with E-state index in [2.05, 4.69) is 10.3 Å². The molecule has 1 N–H and O–H groups in total. The molecule has 114 valence electrons. The van der Waals surface area contributed by atoms with Gasteiger partial charge in [-0.3, -0.25) is 4.98 Å². The molecule has 0 spiro atoms. The molecule has 0 bridgehead atoms. The first-order valence-electron chi connectivity index (χ1n) is 6.54. The van der Waals surface area contributed by atoms with E-state index in [0.29, 0.717) is 18.1 Å². The third kappa shape index (κ3) is 3.49. The number of aromatic nitrogens is 1. The molecule has 0 saturated carbocycles. The molecule has 0 radical (unpaired) electrons. The van der Waals surface area contributed by atoms with Gasteiger partial charge in [0.25, 0.3) is 0 Å². The SMILES string of the molecule is CNCc1cc(S(=O)(=O)N(C)Cc2ccncc2)c(C)o1. The first-order chi connectivity index (χ1) is 9.95. The highest BCUT2D eigenvalue weighted by atomic mass is 32.2. The highest BCUT2D eigenvalue weighted by molar-refractivity contribution is 7.89. The van der Waals surface area contributed by atoms with Crippen LogP contribution in [0.3, 0.4) is 0 Å². The van der Waals surface area contributed by atoms with Gasteiger partial charge in [0.1, 0.15) is 16.4 Å². The summed E-state index contributed by atoms with van der Waals surface area (Å²) in [5.41, 5.74) is 0.882. The summed E-state index contributed by atoms with van der Waals surface area (Å²) >= 11 is 0. The van der Waals surface area contributed by atoms with E-state index in [1.807, 2.05) is 0 Å². The van der Waals surface area contributed by atoms with Crippen molar-refractivity contribution < 1.29 is 12.8 Å². The maximum absolute atomic E-state index is 12.6. The standard InChI is InChI=1S/C14H19N3O3S/c1-11-14(8-13(20-11)9-15-2)21(18,19)17(3)10-12-4-6-16-7-5-12/h4-8,15H,9-10H2,1-3H3. The van der Waals surface area contributed by atoms with E-state index in [0.717, 1.165) is 5.56 Å². The van der Waals surface area contributed by atoms with Crippen LogP contribution < -0.4 is 5.32 Å². The van der Waals surface area contributed by atoms with E-state index in [-0.39, 0.29) is 11.4 Å². The van der Waals surface area contributed by atoms with E-state index in [9.17, 15) is 8.42 Å². The fraction of sp³-hybridized carbons (Fsp3) is 0.357. The van der Waals surface area contributed by atoms with E-state index in [1.54, 1.807) is 51.6 Å². The highest BCUT2D eigenvalue weighted by Crippen LogP contribution is 2.24. The maximum Gasteiger partial charge on any atom is 0.246 e. The van der Waals surface area contributed by atoms with Crippen molar-refractivity contribution in [1.82, 2.24) is 14.6 Å². The predicted octanol–water partition coefficient (Wildman–Crippen LogP) is 1.52. The summed E-state index contributed by atoms with van der Waals surface area (Å²) in [6.45, 7) is 2.44. The minimum atomic E-state index is -3.57. The second kappa shape index (κ2) is 6.38. The Balaban J connectivity index is 2.24. The van der Waals surface area contributed by atoms with Crippen molar-refractivity contribution in [2.75, 3.05) is 14.1 Å². The number of pyridine rings is 1. The lowest BCUT2D eigenvalue weighted by Crippen LogP contribution is -2.26. The van der Waals surface area contributed by atoms with Crippen LogP contribution in [-0.2, 0) is 23.1 Å². The van der Waals surface area contributed by atoms with Crippen molar-refractivity contribution in [1.29, 1.82) is 0 Å². The Morgan fingerprint density at radius 3 is 2.62 bits per heavy atom. The molecular weight excluding hydrogens is 290 g/mol. The molecule has 2 aromatic heterocycles. The van der Waals surface area contributed by atoms with Gasteiger partial charge in [0, 0.05) is 32.1 Å². The van der Waals surface area contributed by atoms with E-state index < -0.39 is 10.0 Å². The quantitative estimate of drug-likeness (QED) is 0.875. The molecule has 21 heavy (non-hydrogen) atoms. The average molecular weight is 309 g/mol. The fourth-order valence-electron chi connectivity index (χ4n) is 2.04. The van der Waals surface area contributed by atoms with E-state index in [4.69, 9.17) is 4.42 Å². The number of hydrogen-bond donors (Lipinski definition) is 1. The Hall–Kier alpha value is -1.70. The van der Waals surface area contributed by atoms with Gasteiger partial charge in [-0.1, -0.05) is 0 Å². The normalized spacial score (nSPS) is 12.0. The minimum absolute atomic E-state index is 0.212.